The van der Waals surface area contributed by atoms with Crippen molar-refractivity contribution in [2.45, 2.75) is 24.9 Å². The lowest BCUT2D eigenvalue weighted by atomic mass is 10.1. The van der Waals surface area contributed by atoms with Gasteiger partial charge in [0.15, 0.2) is 11.6 Å². The van der Waals surface area contributed by atoms with Gasteiger partial charge in [0.2, 0.25) is 5.89 Å². The quantitative estimate of drug-likeness (QED) is 0.290. The van der Waals surface area contributed by atoms with E-state index in [1.807, 2.05) is 0 Å². The predicted octanol–water partition coefficient (Wildman–Crippen LogP) is 5.10. The number of hydrogen-bond donors (Lipinski definition) is 2. The normalized spacial score (nSPS) is 12.2. The third-order valence-corrected chi connectivity index (χ3v) is 5.09. The Hall–Kier alpha value is -4.22. The minimum absolute atomic E-state index is 0.114. The molecule has 2 aromatic carbocycles. The van der Waals surface area contributed by atoms with Gasteiger partial charge in [-0.3, -0.25) is 9.59 Å². The van der Waals surface area contributed by atoms with Gasteiger partial charge in [-0.25, -0.2) is 13.8 Å². The number of hydrogen-bond acceptors (Lipinski definition) is 5. The van der Waals surface area contributed by atoms with Gasteiger partial charge < -0.3 is 20.0 Å². The summed E-state index contributed by atoms with van der Waals surface area (Å²) in [6.45, 7) is 3.18. The number of alkyl halides is 3. The van der Waals surface area contributed by atoms with Crippen molar-refractivity contribution >= 4 is 11.9 Å². The number of carbonyl (C=O) groups excluding carboxylic acids is 1. The third-order valence-electron chi connectivity index (χ3n) is 5.09. The molecule has 1 amide bonds. The summed E-state index contributed by atoms with van der Waals surface area (Å²) in [5.41, 5.74) is 3.50. The first-order chi connectivity index (χ1) is 16.9. The van der Waals surface area contributed by atoms with Crippen molar-refractivity contribution < 1.29 is 45.8 Å². The van der Waals surface area contributed by atoms with E-state index in [1.54, 1.807) is 0 Å². The number of aliphatic carboxylic acids is 1. The van der Waals surface area contributed by atoms with Crippen LogP contribution in [0.1, 0.15) is 39.9 Å². The van der Waals surface area contributed by atoms with Crippen molar-refractivity contribution in [1.29, 1.82) is 0 Å². The molecule has 0 aliphatic heterocycles. The van der Waals surface area contributed by atoms with Gasteiger partial charge in [0.05, 0.1) is 12.2 Å². The molecule has 3 N–H and O–H groups in total. The Morgan fingerprint density at radius 2 is 1.83 bits per heavy atom. The maximum Gasteiger partial charge on any atom is 0.416 e. The van der Waals surface area contributed by atoms with Crippen LogP contribution in [0.2, 0.25) is 0 Å². The molecule has 1 heterocycles. The number of halogens is 5. The molecule has 36 heavy (non-hydrogen) atoms. The molecule has 0 saturated carbocycles. The maximum atomic E-state index is 14.3. The third kappa shape index (κ3) is 5.70. The first-order valence-corrected chi connectivity index (χ1v) is 10.4. The second-order valence-electron chi connectivity index (χ2n) is 7.52. The summed E-state index contributed by atoms with van der Waals surface area (Å²) >= 11 is 0. The van der Waals surface area contributed by atoms with Crippen LogP contribution >= 0.6 is 0 Å². The van der Waals surface area contributed by atoms with E-state index < -0.39 is 59.1 Å². The molecular weight excluding hydrogens is 491 g/mol. The molecule has 0 fully saturated rings. The number of carboxylic acids is 1. The lowest BCUT2D eigenvalue weighted by molar-refractivity contribution is -0.140. The minimum Gasteiger partial charge on any atom is -0.490 e. The fourth-order valence-corrected chi connectivity index (χ4v) is 3.34. The van der Waals surface area contributed by atoms with E-state index >= 15 is 0 Å². The monoisotopic (exact) mass is 510 g/mol. The maximum absolute atomic E-state index is 14.3. The summed E-state index contributed by atoms with van der Waals surface area (Å²) in [6.07, 6.45) is -3.25. The van der Waals surface area contributed by atoms with Gasteiger partial charge in [0, 0.05) is 18.4 Å². The van der Waals surface area contributed by atoms with Crippen LogP contribution in [0, 0.1) is 11.6 Å². The number of ether oxygens (including phenoxy) is 1. The number of aromatic nitrogens is 1. The van der Waals surface area contributed by atoms with Gasteiger partial charge in [-0.1, -0.05) is 18.2 Å². The molecule has 3 rings (SSSR count). The summed E-state index contributed by atoms with van der Waals surface area (Å²) in [6, 6.07) is 5.79. The number of rotatable bonds is 10. The fraction of sp³-hybridized carbons (Fsp3) is 0.208. The van der Waals surface area contributed by atoms with E-state index in [0.29, 0.717) is 0 Å². The summed E-state index contributed by atoms with van der Waals surface area (Å²) < 4.78 is 77.4. The van der Waals surface area contributed by atoms with Gasteiger partial charge >= 0.3 is 12.1 Å². The van der Waals surface area contributed by atoms with Gasteiger partial charge in [-0.2, -0.15) is 13.2 Å². The zero-order valence-electron chi connectivity index (χ0n) is 18.4. The molecule has 1 atom stereocenters. The number of amides is 1. The fourth-order valence-electron chi connectivity index (χ4n) is 3.34. The summed E-state index contributed by atoms with van der Waals surface area (Å²) in [7, 11) is 0. The standard InChI is InChI=1S/C24H19F5N2O5/c1-2-3-17-20(12-4-6-13(7-5-12)24(27,28)29)31-22(36-17)14(23(33)34)10-11-35-16-9-8-15(25)18(19(16)26)21(30)32/h2,4-9,14H,1,3,10-11H2,(H2,30,32)(H,33,34). The molecule has 0 spiro atoms. The molecule has 0 bridgehead atoms. The Kier molecular flexibility index (Phi) is 7.76. The van der Waals surface area contributed by atoms with Crippen LogP contribution in [0.5, 0.6) is 5.75 Å². The van der Waals surface area contributed by atoms with E-state index in [-0.39, 0.29) is 35.7 Å². The highest BCUT2D eigenvalue weighted by Gasteiger charge is 2.31. The number of carbonyl (C=O) groups is 2. The first-order valence-electron chi connectivity index (χ1n) is 10.4. The van der Waals surface area contributed by atoms with E-state index in [1.165, 1.54) is 18.2 Å². The Morgan fingerprint density at radius 1 is 1.17 bits per heavy atom. The van der Waals surface area contributed by atoms with Crippen molar-refractivity contribution in [2.24, 2.45) is 5.73 Å². The topological polar surface area (TPSA) is 116 Å². The molecule has 0 aliphatic carbocycles. The zero-order valence-corrected chi connectivity index (χ0v) is 18.4. The highest BCUT2D eigenvalue weighted by molar-refractivity contribution is 5.93. The zero-order chi connectivity index (χ0) is 26.6. The van der Waals surface area contributed by atoms with Crippen LogP contribution in [0.4, 0.5) is 22.0 Å². The van der Waals surface area contributed by atoms with E-state index in [4.69, 9.17) is 14.9 Å². The second-order valence-corrected chi connectivity index (χ2v) is 7.52. The van der Waals surface area contributed by atoms with Crippen LogP contribution in [0.25, 0.3) is 11.3 Å². The molecule has 1 aromatic heterocycles. The molecule has 3 aromatic rings. The lowest BCUT2D eigenvalue weighted by Gasteiger charge is -2.12. The van der Waals surface area contributed by atoms with Gasteiger partial charge in [-0.15, -0.1) is 6.58 Å². The predicted molar refractivity (Wildman–Crippen MR) is 116 cm³/mol. The second kappa shape index (κ2) is 10.6. The Labute approximate surface area is 201 Å². The SMILES string of the molecule is C=CCc1oc(C(CCOc2ccc(F)c(C(N)=O)c2F)C(=O)O)nc1-c1ccc(C(F)(F)F)cc1. The number of allylic oxidation sites excluding steroid dienone is 1. The number of oxazole rings is 1. The molecule has 0 radical (unpaired) electrons. The number of nitrogens with two attached hydrogens (primary N) is 1. The number of carboxylic acid groups (broad SMARTS) is 1. The summed E-state index contributed by atoms with van der Waals surface area (Å²) in [5, 5.41) is 9.67. The Morgan fingerprint density at radius 3 is 2.39 bits per heavy atom. The van der Waals surface area contributed by atoms with Gasteiger partial charge in [0.1, 0.15) is 28.8 Å². The average Bonchev–Trinajstić information content (AvgIpc) is 3.20. The smallest absolute Gasteiger partial charge is 0.416 e. The summed E-state index contributed by atoms with van der Waals surface area (Å²) in [4.78, 5) is 27.3. The molecule has 12 heteroatoms. The summed E-state index contributed by atoms with van der Waals surface area (Å²) in [5.74, 6) is -7.18. The highest BCUT2D eigenvalue weighted by atomic mass is 19.4. The van der Waals surface area contributed by atoms with Crippen molar-refractivity contribution in [3.63, 3.8) is 0 Å². The van der Waals surface area contributed by atoms with Crippen LogP contribution in [0.15, 0.2) is 53.5 Å². The molecule has 7 nitrogen and oxygen atoms in total. The molecule has 1 unspecified atom stereocenters. The van der Waals surface area contributed by atoms with E-state index in [0.717, 1.165) is 24.3 Å². The Balaban J connectivity index is 1.84. The highest BCUT2D eigenvalue weighted by Crippen LogP contribution is 2.34. The van der Waals surface area contributed by atoms with Crippen LogP contribution < -0.4 is 10.5 Å². The van der Waals surface area contributed by atoms with Crippen molar-refractivity contribution in [2.75, 3.05) is 6.61 Å². The van der Waals surface area contributed by atoms with Crippen LogP contribution in [0.3, 0.4) is 0 Å². The first kappa shape index (κ1) is 26.4. The average molecular weight is 510 g/mol. The number of nitrogens with zero attached hydrogens (tertiary/aromatic N) is 1. The molecule has 0 saturated heterocycles. The van der Waals surface area contributed by atoms with Gasteiger partial charge in [-0.05, 0) is 24.3 Å². The van der Waals surface area contributed by atoms with Crippen molar-refractivity contribution in [1.82, 2.24) is 4.98 Å². The molecule has 0 aliphatic rings. The Bertz CT molecular complexity index is 1290. The minimum atomic E-state index is -4.53. The largest absolute Gasteiger partial charge is 0.490 e. The van der Waals surface area contributed by atoms with Crippen LogP contribution in [-0.4, -0.2) is 28.6 Å². The van der Waals surface area contributed by atoms with E-state index in [2.05, 4.69) is 11.6 Å². The van der Waals surface area contributed by atoms with E-state index in [9.17, 15) is 36.6 Å². The molecule has 190 valence electrons. The number of benzene rings is 2. The van der Waals surface area contributed by atoms with Crippen molar-refractivity contribution in [3.8, 4) is 17.0 Å². The lowest BCUT2D eigenvalue weighted by Crippen LogP contribution is -2.18. The number of primary amides is 1. The van der Waals surface area contributed by atoms with Gasteiger partial charge in [0.25, 0.3) is 5.91 Å². The van der Waals surface area contributed by atoms with Crippen molar-refractivity contribution in [3.05, 3.63) is 83.5 Å². The van der Waals surface area contributed by atoms with Crippen LogP contribution in [-0.2, 0) is 17.4 Å². The molecular formula is C24H19F5N2O5.